The molecule has 2 aromatic carbocycles. The second-order valence-corrected chi connectivity index (χ2v) is 8.53. The Hall–Kier alpha value is -2.74. The Bertz CT molecular complexity index is 898. The summed E-state index contributed by atoms with van der Waals surface area (Å²) in [5, 5.41) is 2.78. The van der Waals surface area contributed by atoms with Crippen LogP contribution in [0.3, 0.4) is 0 Å². The molecule has 1 N–H and O–H groups in total. The highest BCUT2D eigenvalue weighted by molar-refractivity contribution is 7.92. The number of sulfonamides is 1. The fraction of sp³-hybridized carbons (Fsp3) is 0.381. The van der Waals surface area contributed by atoms with E-state index in [-0.39, 0.29) is 18.9 Å². The molecule has 2 rings (SSSR count). The number of aryl methyl sites for hydroxylation is 1. The number of benzene rings is 2. The molecular weight excluding hydrogens is 392 g/mol. The van der Waals surface area contributed by atoms with Crippen LogP contribution < -0.4 is 19.1 Å². The number of ether oxygens (including phenoxy) is 2. The first-order valence-corrected chi connectivity index (χ1v) is 11.2. The Balaban J connectivity index is 1.75. The van der Waals surface area contributed by atoms with Crippen LogP contribution in [0.1, 0.15) is 18.4 Å². The van der Waals surface area contributed by atoms with Crippen molar-refractivity contribution in [3.05, 3.63) is 54.1 Å². The molecule has 0 spiro atoms. The Morgan fingerprint density at radius 1 is 1.07 bits per heavy atom. The summed E-state index contributed by atoms with van der Waals surface area (Å²) in [6.45, 7) is 2.85. The largest absolute Gasteiger partial charge is 0.493 e. The molecule has 0 saturated carbocycles. The summed E-state index contributed by atoms with van der Waals surface area (Å²) < 4.78 is 36.3. The monoisotopic (exact) mass is 420 g/mol. The zero-order valence-electron chi connectivity index (χ0n) is 17.1. The lowest BCUT2D eigenvalue weighted by Gasteiger charge is -2.22. The maximum Gasteiger partial charge on any atom is 0.232 e. The quantitative estimate of drug-likeness (QED) is 0.565. The van der Waals surface area contributed by atoms with Gasteiger partial charge in [0.1, 0.15) is 6.61 Å². The molecule has 0 bridgehead atoms. The van der Waals surface area contributed by atoms with Gasteiger partial charge in [0.25, 0.3) is 0 Å². The van der Waals surface area contributed by atoms with Crippen LogP contribution >= 0.6 is 0 Å². The van der Waals surface area contributed by atoms with E-state index >= 15 is 0 Å². The highest BCUT2D eigenvalue weighted by Crippen LogP contribution is 2.25. The third-order valence-electron chi connectivity index (χ3n) is 4.24. The van der Waals surface area contributed by atoms with E-state index < -0.39 is 10.0 Å². The van der Waals surface area contributed by atoms with E-state index in [0.29, 0.717) is 36.8 Å². The van der Waals surface area contributed by atoms with Gasteiger partial charge in [-0.25, -0.2) is 8.42 Å². The van der Waals surface area contributed by atoms with Gasteiger partial charge in [0.15, 0.2) is 11.5 Å². The van der Waals surface area contributed by atoms with Gasteiger partial charge in [0, 0.05) is 13.0 Å². The molecule has 0 saturated heterocycles. The fourth-order valence-corrected chi connectivity index (χ4v) is 3.72. The lowest BCUT2D eigenvalue weighted by molar-refractivity contribution is -0.121. The molecule has 0 radical (unpaired) electrons. The molecule has 0 aromatic heterocycles. The highest BCUT2D eigenvalue weighted by atomic mass is 32.2. The summed E-state index contributed by atoms with van der Waals surface area (Å²) in [6, 6.07) is 14.6. The number of nitrogens with one attached hydrogen (secondary N) is 1. The van der Waals surface area contributed by atoms with E-state index in [9.17, 15) is 13.2 Å². The first-order chi connectivity index (χ1) is 13.8. The summed E-state index contributed by atoms with van der Waals surface area (Å²) in [6.07, 6.45) is 1.81. The zero-order chi connectivity index (χ0) is 21.3. The second-order valence-electron chi connectivity index (χ2n) is 6.62. The van der Waals surface area contributed by atoms with Crippen molar-refractivity contribution in [3.8, 4) is 11.5 Å². The first kappa shape index (κ1) is 22.5. The Labute approximate surface area is 172 Å². The van der Waals surface area contributed by atoms with Crippen molar-refractivity contribution in [2.24, 2.45) is 0 Å². The Morgan fingerprint density at radius 2 is 1.72 bits per heavy atom. The van der Waals surface area contributed by atoms with Gasteiger partial charge in [0.05, 0.1) is 25.6 Å². The molecule has 158 valence electrons. The summed E-state index contributed by atoms with van der Waals surface area (Å²) in [5.74, 6) is 1.10. The van der Waals surface area contributed by atoms with Gasteiger partial charge in [-0.1, -0.05) is 29.8 Å². The van der Waals surface area contributed by atoms with Crippen LogP contribution in [0.5, 0.6) is 11.5 Å². The Morgan fingerprint density at radius 3 is 2.34 bits per heavy atom. The van der Waals surface area contributed by atoms with E-state index in [0.717, 1.165) is 5.56 Å². The predicted molar refractivity (Wildman–Crippen MR) is 114 cm³/mol. The van der Waals surface area contributed by atoms with Gasteiger partial charge in [-0.05, 0) is 37.6 Å². The molecule has 0 heterocycles. The average Bonchev–Trinajstić information content (AvgIpc) is 2.69. The number of rotatable bonds is 11. The molecule has 0 aliphatic carbocycles. The molecule has 0 aliphatic heterocycles. The van der Waals surface area contributed by atoms with Crippen molar-refractivity contribution in [3.63, 3.8) is 0 Å². The van der Waals surface area contributed by atoms with Crippen molar-refractivity contribution in [2.75, 3.05) is 37.4 Å². The highest BCUT2D eigenvalue weighted by Gasteiger charge is 2.17. The molecule has 0 aliphatic rings. The summed E-state index contributed by atoms with van der Waals surface area (Å²) >= 11 is 0. The van der Waals surface area contributed by atoms with Gasteiger partial charge in [-0.2, -0.15) is 0 Å². The van der Waals surface area contributed by atoms with Crippen molar-refractivity contribution in [1.29, 1.82) is 0 Å². The van der Waals surface area contributed by atoms with Gasteiger partial charge in [0.2, 0.25) is 15.9 Å². The second kappa shape index (κ2) is 10.7. The van der Waals surface area contributed by atoms with Crippen molar-refractivity contribution in [2.45, 2.75) is 19.8 Å². The lowest BCUT2D eigenvalue weighted by Crippen LogP contribution is -2.32. The molecule has 29 heavy (non-hydrogen) atoms. The Kier molecular flexibility index (Phi) is 8.33. The first-order valence-electron chi connectivity index (χ1n) is 9.38. The summed E-state index contributed by atoms with van der Waals surface area (Å²) in [4.78, 5) is 12.0. The standard InChI is InChI=1S/C21H28N2O5S/c1-17-10-12-18(13-11-17)23(29(3,25)26)15-6-9-21(24)22-14-16-28-20-8-5-4-7-19(20)27-2/h4-5,7-8,10-13H,6,9,14-16H2,1-3H3,(H,22,24). The van der Waals surface area contributed by atoms with Crippen LogP contribution in [-0.2, 0) is 14.8 Å². The normalized spacial score (nSPS) is 11.0. The van der Waals surface area contributed by atoms with Crippen LogP contribution in [0.4, 0.5) is 5.69 Å². The molecule has 2 aromatic rings. The molecule has 0 fully saturated rings. The topological polar surface area (TPSA) is 84.9 Å². The number of carbonyl (C=O) groups excluding carboxylic acids is 1. The van der Waals surface area contributed by atoms with Crippen LogP contribution in [0, 0.1) is 6.92 Å². The zero-order valence-corrected chi connectivity index (χ0v) is 17.9. The molecule has 8 heteroatoms. The van der Waals surface area contributed by atoms with E-state index in [4.69, 9.17) is 9.47 Å². The van der Waals surface area contributed by atoms with Crippen molar-refractivity contribution >= 4 is 21.6 Å². The van der Waals surface area contributed by atoms with Gasteiger partial charge in [-0.15, -0.1) is 0 Å². The minimum atomic E-state index is -3.42. The number of anilines is 1. The summed E-state index contributed by atoms with van der Waals surface area (Å²) in [7, 11) is -1.85. The molecule has 7 nitrogen and oxygen atoms in total. The summed E-state index contributed by atoms with van der Waals surface area (Å²) in [5.41, 5.74) is 1.65. The van der Waals surface area contributed by atoms with Crippen molar-refractivity contribution < 1.29 is 22.7 Å². The molecule has 1 amide bonds. The third-order valence-corrected chi connectivity index (χ3v) is 5.43. The number of methoxy groups -OCH3 is 1. The van der Waals surface area contributed by atoms with Crippen LogP contribution in [-0.4, -0.2) is 47.4 Å². The van der Waals surface area contributed by atoms with Crippen molar-refractivity contribution in [1.82, 2.24) is 5.32 Å². The van der Waals surface area contributed by atoms with Crippen LogP contribution in [0.2, 0.25) is 0 Å². The molecule has 0 unspecified atom stereocenters. The fourth-order valence-electron chi connectivity index (χ4n) is 2.76. The number of carbonyl (C=O) groups is 1. The number of para-hydroxylation sites is 2. The molecular formula is C21H28N2O5S. The SMILES string of the molecule is COc1ccccc1OCCNC(=O)CCCN(c1ccc(C)cc1)S(C)(=O)=O. The van der Waals surface area contributed by atoms with E-state index in [1.165, 1.54) is 10.6 Å². The number of hydrogen-bond acceptors (Lipinski definition) is 5. The van der Waals surface area contributed by atoms with E-state index in [1.807, 2.05) is 31.2 Å². The lowest BCUT2D eigenvalue weighted by atomic mass is 10.2. The van der Waals surface area contributed by atoms with Gasteiger partial charge in [-0.3, -0.25) is 9.10 Å². The minimum Gasteiger partial charge on any atom is -0.493 e. The number of nitrogens with zero attached hydrogens (tertiary/aromatic N) is 1. The van der Waals surface area contributed by atoms with Gasteiger partial charge >= 0.3 is 0 Å². The van der Waals surface area contributed by atoms with Crippen LogP contribution in [0.25, 0.3) is 0 Å². The van der Waals surface area contributed by atoms with Gasteiger partial charge < -0.3 is 14.8 Å². The molecule has 0 atom stereocenters. The average molecular weight is 421 g/mol. The maximum atomic E-state index is 12.1. The smallest absolute Gasteiger partial charge is 0.232 e. The van der Waals surface area contributed by atoms with E-state index in [2.05, 4.69) is 5.32 Å². The number of hydrogen-bond donors (Lipinski definition) is 1. The third kappa shape index (κ3) is 7.30. The van der Waals surface area contributed by atoms with E-state index in [1.54, 1.807) is 31.4 Å². The number of amides is 1. The predicted octanol–water partition coefficient (Wildman–Crippen LogP) is 2.75. The maximum absolute atomic E-state index is 12.1. The minimum absolute atomic E-state index is 0.147. The van der Waals surface area contributed by atoms with Crippen LogP contribution in [0.15, 0.2) is 48.5 Å².